The number of aromatic amines is 1. The molecule has 1 atom stereocenters. The number of nitrogens with one attached hydrogen (secondary N) is 2. The van der Waals surface area contributed by atoms with Crippen LogP contribution in [0.1, 0.15) is 5.56 Å². The molecule has 4 aromatic rings. The molecule has 0 saturated carbocycles. The Kier molecular flexibility index (Phi) is 6.69. The lowest BCUT2D eigenvalue weighted by Crippen LogP contribution is -2.31. The van der Waals surface area contributed by atoms with Gasteiger partial charge >= 0.3 is 5.69 Å². The highest BCUT2D eigenvalue weighted by Crippen LogP contribution is 2.36. The van der Waals surface area contributed by atoms with Gasteiger partial charge in [0.2, 0.25) is 5.95 Å². The predicted octanol–water partition coefficient (Wildman–Crippen LogP) is 4.26. The molecule has 186 valence electrons. The molecule has 0 saturated heterocycles. The van der Waals surface area contributed by atoms with E-state index in [0.29, 0.717) is 45.0 Å². The van der Waals surface area contributed by atoms with E-state index in [4.69, 9.17) is 21.1 Å². The molecular formula is C24H21ClN4O5S2. The minimum Gasteiger partial charge on any atom is -0.486 e. The predicted molar refractivity (Wildman–Crippen MR) is 138 cm³/mol. The zero-order valence-electron chi connectivity index (χ0n) is 19.0. The first-order valence-corrected chi connectivity index (χ1v) is 13.7. The number of aryl methyl sites for hydroxylation is 1. The Morgan fingerprint density at radius 3 is 2.64 bits per heavy atom. The van der Waals surface area contributed by atoms with Crippen LogP contribution in [0.3, 0.4) is 0 Å². The molecule has 1 aromatic heterocycles. The standard InChI is InChI=1S/C24H21ClN4O5S2/c1-15-11-22(36(31,32)28-23-26-24(30)29(27-23)16-7-3-2-4-8-16)21(12-18(15)25)35-14-17-13-33-19-9-5-6-10-20(19)34-17/h2-12,17H,13-14H2,1H3,(H2,26,27,28,30). The molecule has 5 rings (SSSR count). The van der Waals surface area contributed by atoms with Gasteiger partial charge in [-0.1, -0.05) is 41.9 Å². The zero-order valence-corrected chi connectivity index (χ0v) is 21.4. The SMILES string of the molecule is Cc1cc(S(=O)(=O)Nc2nn(-c3ccccc3)c(=O)[nH]2)c(SCC2COc3ccccc3O2)cc1Cl. The first kappa shape index (κ1) is 24.3. The van der Waals surface area contributed by atoms with E-state index in [-0.39, 0.29) is 16.9 Å². The number of fused-ring (bicyclic) bond motifs is 1. The van der Waals surface area contributed by atoms with Crippen LogP contribution in [0, 0.1) is 6.92 Å². The van der Waals surface area contributed by atoms with Gasteiger partial charge in [0, 0.05) is 15.7 Å². The topological polar surface area (TPSA) is 115 Å². The van der Waals surface area contributed by atoms with Gasteiger partial charge in [-0.3, -0.25) is 4.98 Å². The largest absolute Gasteiger partial charge is 0.486 e. The van der Waals surface area contributed by atoms with Crippen LogP contribution < -0.4 is 19.9 Å². The molecule has 1 aliphatic rings. The number of thioether (sulfide) groups is 1. The van der Waals surface area contributed by atoms with Gasteiger partial charge in [-0.05, 0) is 48.9 Å². The van der Waals surface area contributed by atoms with Crippen LogP contribution in [0.4, 0.5) is 5.95 Å². The normalized spacial score (nSPS) is 15.0. The summed E-state index contributed by atoms with van der Waals surface area (Å²) in [5, 5.41) is 4.52. The van der Waals surface area contributed by atoms with Crippen LogP contribution in [0.2, 0.25) is 5.02 Å². The van der Waals surface area contributed by atoms with Gasteiger partial charge < -0.3 is 9.47 Å². The Labute approximate surface area is 216 Å². The van der Waals surface area contributed by atoms with E-state index < -0.39 is 15.7 Å². The number of nitrogens with zero attached hydrogens (tertiary/aromatic N) is 2. The zero-order chi connectivity index (χ0) is 25.3. The summed E-state index contributed by atoms with van der Waals surface area (Å²) < 4.78 is 41.9. The Bertz CT molecular complexity index is 1570. The summed E-state index contributed by atoms with van der Waals surface area (Å²) in [5.74, 6) is 1.54. The molecule has 0 bridgehead atoms. The molecule has 3 aromatic carbocycles. The fourth-order valence-electron chi connectivity index (χ4n) is 3.58. The molecule has 0 spiro atoms. The van der Waals surface area contributed by atoms with E-state index in [0.717, 1.165) is 4.68 Å². The van der Waals surface area contributed by atoms with Gasteiger partial charge in [0.1, 0.15) is 17.6 Å². The Balaban J connectivity index is 1.38. The minimum atomic E-state index is -4.12. The molecule has 2 N–H and O–H groups in total. The molecule has 12 heteroatoms. The third-order valence-electron chi connectivity index (χ3n) is 5.36. The molecule has 1 aliphatic heterocycles. The lowest BCUT2D eigenvalue weighted by Gasteiger charge is -2.26. The highest BCUT2D eigenvalue weighted by atomic mass is 35.5. The second-order valence-electron chi connectivity index (χ2n) is 7.99. The number of rotatable bonds is 7. The molecule has 0 fully saturated rings. The van der Waals surface area contributed by atoms with E-state index >= 15 is 0 Å². The van der Waals surface area contributed by atoms with Crippen LogP contribution >= 0.6 is 23.4 Å². The number of benzene rings is 3. The average Bonchev–Trinajstić information content (AvgIpc) is 3.23. The fraction of sp³-hybridized carbons (Fsp3) is 0.167. The maximum atomic E-state index is 13.4. The van der Waals surface area contributed by atoms with Crippen molar-refractivity contribution in [3.05, 3.63) is 87.8 Å². The lowest BCUT2D eigenvalue weighted by molar-refractivity contribution is 0.107. The molecular weight excluding hydrogens is 524 g/mol. The van der Waals surface area contributed by atoms with Crippen molar-refractivity contribution in [2.75, 3.05) is 17.1 Å². The second kappa shape index (κ2) is 9.92. The van der Waals surface area contributed by atoms with Crippen molar-refractivity contribution in [2.45, 2.75) is 22.8 Å². The number of sulfonamides is 1. The van der Waals surface area contributed by atoms with Crippen LogP contribution in [0.15, 0.2) is 81.3 Å². The van der Waals surface area contributed by atoms with Crippen molar-refractivity contribution in [1.29, 1.82) is 0 Å². The minimum absolute atomic E-state index is 0.0154. The van der Waals surface area contributed by atoms with E-state index in [1.165, 1.54) is 17.8 Å². The first-order chi connectivity index (χ1) is 17.3. The van der Waals surface area contributed by atoms with Crippen LogP contribution in [0.25, 0.3) is 5.69 Å². The third-order valence-corrected chi connectivity index (χ3v) is 8.46. The molecule has 36 heavy (non-hydrogen) atoms. The highest BCUT2D eigenvalue weighted by molar-refractivity contribution is 8.00. The third kappa shape index (κ3) is 5.08. The Morgan fingerprint density at radius 1 is 1.14 bits per heavy atom. The summed E-state index contributed by atoms with van der Waals surface area (Å²) in [6.45, 7) is 2.05. The highest BCUT2D eigenvalue weighted by Gasteiger charge is 2.25. The maximum Gasteiger partial charge on any atom is 0.349 e. The van der Waals surface area contributed by atoms with Gasteiger partial charge in [0.05, 0.1) is 5.69 Å². The quantitative estimate of drug-likeness (QED) is 0.334. The van der Waals surface area contributed by atoms with Gasteiger partial charge in [-0.15, -0.1) is 16.9 Å². The van der Waals surface area contributed by atoms with Gasteiger partial charge in [0.25, 0.3) is 10.0 Å². The van der Waals surface area contributed by atoms with Crippen LogP contribution in [0.5, 0.6) is 11.5 Å². The summed E-state index contributed by atoms with van der Waals surface area (Å²) >= 11 is 7.62. The fourth-order valence-corrected chi connectivity index (χ4v) is 6.36. The summed E-state index contributed by atoms with van der Waals surface area (Å²) in [4.78, 5) is 15.3. The number of aromatic nitrogens is 3. The van der Waals surface area contributed by atoms with Gasteiger partial charge in [-0.25, -0.2) is 17.9 Å². The number of hydrogen-bond donors (Lipinski definition) is 2. The summed E-state index contributed by atoms with van der Waals surface area (Å²) in [6.07, 6.45) is -0.286. The molecule has 9 nitrogen and oxygen atoms in total. The Hall–Kier alpha value is -3.41. The van der Waals surface area contributed by atoms with Crippen molar-refractivity contribution in [3.63, 3.8) is 0 Å². The molecule has 0 amide bonds. The van der Waals surface area contributed by atoms with E-state index in [2.05, 4.69) is 14.8 Å². The van der Waals surface area contributed by atoms with Crippen LogP contribution in [-0.2, 0) is 10.0 Å². The van der Waals surface area contributed by atoms with Crippen molar-refractivity contribution >= 4 is 39.3 Å². The van der Waals surface area contributed by atoms with E-state index in [1.54, 1.807) is 43.3 Å². The number of ether oxygens (including phenoxy) is 2. The smallest absolute Gasteiger partial charge is 0.349 e. The summed E-state index contributed by atoms with van der Waals surface area (Å²) in [5.41, 5.74) is 0.519. The molecule has 1 unspecified atom stereocenters. The number of hydrogen-bond acceptors (Lipinski definition) is 7. The molecule has 0 aliphatic carbocycles. The first-order valence-electron chi connectivity index (χ1n) is 10.9. The van der Waals surface area contributed by atoms with E-state index in [9.17, 15) is 13.2 Å². The number of para-hydroxylation sites is 3. The van der Waals surface area contributed by atoms with Gasteiger partial charge in [0.15, 0.2) is 11.5 Å². The summed E-state index contributed by atoms with van der Waals surface area (Å²) in [7, 11) is -4.12. The van der Waals surface area contributed by atoms with Crippen molar-refractivity contribution < 1.29 is 17.9 Å². The average molecular weight is 545 g/mol. The summed E-state index contributed by atoms with van der Waals surface area (Å²) in [6, 6.07) is 19.2. The second-order valence-corrected chi connectivity index (χ2v) is 11.1. The van der Waals surface area contributed by atoms with Crippen molar-refractivity contribution in [3.8, 4) is 17.2 Å². The maximum absolute atomic E-state index is 13.4. The van der Waals surface area contributed by atoms with Crippen molar-refractivity contribution in [1.82, 2.24) is 14.8 Å². The molecule has 0 radical (unpaired) electrons. The lowest BCUT2D eigenvalue weighted by atomic mass is 10.2. The van der Waals surface area contributed by atoms with Crippen molar-refractivity contribution in [2.24, 2.45) is 0 Å². The van der Waals surface area contributed by atoms with Crippen LogP contribution in [-0.4, -0.2) is 41.6 Å². The Morgan fingerprint density at radius 2 is 1.86 bits per heavy atom. The number of halogens is 1. The van der Waals surface area contributed by atoms with E-state index in [1.807, 2.05) is 24.3 Å². The monoisotopic (exact) mass is 544 g/mol. The number of anilines is 1. The number of H-pyrrole nitrogens is 1. The van der Waals surface area contributed by atoms with Gasteiger partial charge in [-0.2, -0.15) is 4.68 Å². The molecule has 2 heterocycles.